The Bertz CT molecular complexity index is 305. The minimum atomic E-state index is 0.523. The van der Waals surface area contributed by atoms with Crippen LogP contribution in [0.2, 0.25) is 0 Å². The molecule has 0 amide bonds. The minimum Gasteiger partial charge on any atom is -0.378 e. The van der Waals surface area contributed by atoms with Crippen molar-refractivity contribution in [3.63, 3.8) is 0 Å². The standard InChI is InChI=1S/C18H33NO/c1-3-20-17-13-16(18(17)11-8-12-18)19-14(2)15-9-6-4-5-7-10-15/h14-17,19H,3-13H2,1-2H3/t14-,16?,17?/m0/s1. The summed E-state index contributed by atoms with van der Waals surface area (Å²) in [5, 5.41) is 4.01. The summed E-state index contributed by atoms with van der Waals surface area (Å²) in [5.74, 6) is 0.917. The molecule has 3 rings (SSSR count). The second-order valence-corrected chi connectivity index (χ2v) is 7.53. The van der Waals surface area contributed by atoms with Crippen molar-refractivity contribution in [2.24, 2.45) is 11.3 Å². The van der Waals surface area contributed by atoms with Crippen molar-refractivity contribution in [3.8, 4) is 0 Å². The average Bonchev–Trinajstić information content (AvgIpc) is 2.64. The van der Waals surface area contributed by atoms with Gasteiger partial charge in [0, 0.05) is 24.1 Å². The first kappa shape index (κ1) is 14.8. The zero-order valence-corrected chi connectivity index (χ0v) is 13.5. The molecule has 0 bridgehead atoms. The van der Waals surface area contributed by atoms with Crippen LogP contribution in [0.25, 0.3) is 0 Å². The highest BCUT2D eigenvalue weighted by Crippen LogP contribution is 2.57. The lowest BCUT2D eigenvalue weighted by Gasteiger charge is -2.62. The fourth-order valence-electron chi connectivity index (χ4n) is 4.94. The Morgan fingerprint density at radius 3 is 2.35 bits per heavy atom. The molecule has 1 spiro atoms. The molecule has 0 aromatic carbocycles. The summed E-state index contributed by atoms with van der Waals surface area (Å²) < 4.78 is 5.97. The molecule has 2 unspecified atom stereocenters. The van der Waals surface area contributed by atoms with E-state index in [4.69, 9.17) is 4.74 Å². The molecule has 0 aromatic heterocycles. The molecule has 3 aliphatic carbocycles. The van der Waals surface area contributed by atoms with Gasteiger partial charge in [-0.25, -0.2) is 0 Å². The van der Waals surface area contributed by atoms with Crippen LogP contribution in [-0.4, -0.2) is 24.8 Å². The molecular formula is C18H33NO. The third kappa shape index (κ3) is 2.66. The first-order chi connectivity index (χ1) is 9.76. The lowest BCUT2D eigenvalue weighted by molar-refractivity contribution is -0.175. The van der Waals surface area contributed by atoms with Crippen molar-refractivity contribution in [2.45, 2.75) is 96.2 Å². The monoisotopic (exact) mass is 279 g/mol. The van der Waals surface area contributed by atoms with Crippen molar-refractivity contribution in [3.05, 3.63) is 0 Å². The Balaban J connectivity index is 1.52. The molecule has 3 fully saturated rings. The van der Waals surface area contributed by atoms with E-state index in [0.717, 1.165) is 18.6 Å². The van der Waals surface area contributed by atoms with Gasteiger partial charge in [-0.2, -0.15) is 0 Å². The van der Waals surface area contributed by atoms with Gasteiger partial charge in [0.25, 0.3) is 0 Å². The lowest BCUT2D eigenvalue weighted by atomic mass is 9.51. The van der Waals surface area contributed by atoms with E-state index < -0.39 is 0 Å². The van der Waals surface area contributed by atoms with Crippen molar-refractivity contribution in [1.29, 1.82) is 0 Å². The third-order valence-electron chi connectivity index (χ3n) is 6.51. The molecule has 3 atom stereocenters. The maximum Gasteiger partial charge on any atom is 0.0661 e. The molecule has 2 heteroatoms. The summed E-state index contributed by atoms with van der Waals surface area (Å²) in [6.07, 6.45) is 14.7. The van der Waals surface area contributed by atoms with Gasteiger partial charge in [0.1, 0.15) is 0 Å². The molecule has 0 aliphatic heterocycles. The Morgan fingerprint density at radius 1 is 1.10 bits per heavy atom. The fourth-order valence-corrected chi connectivity index (χ4v) is 4.94. The average molecular weight is 279 g/mol. The highest BCUT2D eigenvalue weighted by Gasteiger charge is 2.58. The van der Waals surface area contributed by atoms with Crippen molar-refractivity contribution >= 4 is 0 Å². The number of hydrogen-bond donors (Lipinski definition) is 1. The predicted molar refractivity (Wildman–Crippen MR) is 83.9 cm³/mol. The van der Waals surface area contributed by atoms with Gasteiger partial charge < -0.3 is 10.1 Å². The SMILES string of the molecule is CCOC1CC(N[C@@H](C)C2CCCCCC2)C12CCC2. The summed E-state index contributed by atoms with van der Waals surface area (Å²) in [5.41, 5.74) is 0.523. The molecule has 116 valence electrons. The minimum absolute atomic E-state index is 0.523. The zero-order chi connectivity index (χ0) is 14.0. The van der Waals surface area contributed by atoms with Crippen molar-refractivity contribution in [2.75, 3.05) is 6.61 Å². The summed E-state index contributed by atoms with van der Waals surface area (Å²) in [6.45, 7) is 5.47. The smallest absolute Gasteiger partial charge is 0.0661 e. The van der Waals surface area contributed by atoms with E-state index in [-0.39, 0.29) is 0 Å². The molecular weight excluding hydrogens is 246 g/mol. The van der Waals surface area contributed by atoms with E-state index in [2.05, 4.69) is 19.2 Å². The van der Waals surface area contributed by atoms with Crippen LogP contribution in [-0.2, 0) is 4.74 Å². The summed E-state index contributed by atoms with van der Waals surface area (Å²) >= 11 is 0. The zero-order valence-electron chi connectivity index (χ0n) is 13.5. The lowest BCUT2D eigenvalue weighted by Crippen LogP contribution is -2.68. The van der Waals surface area contributed by atoms with Gasteiger partial charge >= 0.3 is 0 Å². The Kier molecular flexibility index (Phi) is 4.72. The van der Waals surface area contributed by atoms with Crippen LogP contribution in [0.15, 0.2) is 0 Å². The van der Waals surface area contributed by atoms with E-state index in [1.165, 1.54) is 64.2 Å². The molecule has 0 radical (unpaired) electrons. The van der Waals surface area contributed by atoms with Crippen LogP contribution in [0.3, 0.4) is 0 Å². The number of nitrogens with one attached hydrogen (secondary N) is 1. The second kappa shape index (κ2) is 6.36. The van der Waals surface area contributed by atoms with Crippen LogP contribution in [0.5, 0.6) is 0 Å². The van der Waals surface area contributed by atoms with Gasteiger partial charge in [0.2, 0.25) is 0 Å². The van der Waals surface area contributed by atoms with Gasteiger partial charge in [0.05, 0.1) is 6.10 Å². The molecule has 0 heterocycles. The van der Waals surface area contributed by atoms with E-state index in [1.807, 2.05) is 0 Å². The van der Waals surface area contributed by atoms with E-state index in [9.17, 15) is 0 Å². The van der Waals surface area contributed by atoms with Crippen LogP contribution in [0.1, 0.15) is 78.1 Å². The normalized spacial score (nSPS) is 35.1. The number of rotatable bonds is 5. The van der Waals surface area contributed by atoms with E-state index in [1.54, 1.807) is 0 Å². The molecule has 1 N–H and O–H groups in total. The molecule has 3 aliphatic rings. The largest absolute Gasteiger partial charge is 0.378 e. The Morgan fingerprint density at radius 2 is 1.80 bits per heavy atom. The quantitative estimate of drug-likeness (QED) is 0.758. The predicted octanol–water partition coefficient (Wildman–Crippen LogP) is 4.28. The van der Waals surface area contributed by atoms with Crippen LogP contribution in [0.4, 0.5) is 0 Å². The maximum atomic E-state index is 5.97. The van der Waals surface area contributed by atoms with Crippen molar-refractivity contribution in [1.82, 2.24) is 5.32 Å². The highest BCUT2D eigenvalue weighted by molar-refractivity contribution is 5.12. The Labute approximate surface area is 125 Å². The van der Waals surface area contributed by atoms with Crippen LogP contribution >= 0.6 is 0 Å². The van der Waals surface area contributed by atoms with Gasteiger partial charge in [-0.15, -0.1) is 0 Å². The topological polar surface area (TPSA) is 21.3 Å². The fraction of sp³-hybridized carbons (Fsp3) is 1.00. The maximum absolute atomic E-state index is 5.97. The molecule has 2 nitrogen and oxygen atoms in total. The van der Waals surface area contributed by atoms with Gasteiger partial charge in [0.15, 0.2) is 0 Å². The highest BCUT2D eigenvalue weighted by atomic mass is 16.5. The summed E-state index contributed by atoms with van der Waals surface area (Å²) in [4.78, 5) is 0. The van der Waals surface area contributed by atoms with Crippen LogP contribution < -0.4 is 5.32 Å². The summed E-state index contributed by atoms with van der Waals surface area (Å²) in [6, 6.07) is 1.45. The second-order valence-electron chi connectivity index (χ2n) is 7.53. The summed E-state index contributed by atoms with van der Waals surface area (Å²) in [7, 11) is 0. The first-order valence-electron chi connectivity index (χ1n) is 9.14. The van der Waals surface area contributed by atoms with Gasteiger partial charge in [-0.05, 0) is 51.9 Å². The molecule has 0 aromatic rings. The van der Waals surface area contributed by atoms with E-state index in [0.29, 0.717) is 17.6 Å². The van der Waals surface area contributed by atoms with Crippen LogP contribution in [0, 0.1) is 11.3 Å². The third-order valence-corrected chi connectivity index (χ3v) is 6.51. The Hall–Kier alpha value is -0.0800. The molecule has 20 heavy (non-hydrogen) atoms. The number of hydrogen-bond acceptors (Lipinski definition) is 2. The van der Waals surface area contributed by atoms with E-state index >= 15 is 0 Å². The molecule has 0 saturated heterocycles. The molecule has 3 saturated carbocycles. The first-order valence-corrected chi connectivity index (χ1v) is 9.14. The number of ether oxygens (including phenoxy) is 1. The van der Waals surface area contributed by atoms with Gasteiger partial charge in [-0.3, -0.25) is 0 Å². The van der Waals surface area contributed by atoms with Gasteiger partial charge in [-0.1, -0.05) is 32.1 Å². The van der Waals surface area contributed by atoms with Crippen molar-refractivity contribution < 1.29 is 4.74 Å².